The van der Waals surface area contributed by atoms with Crippen LogP contribution in [-0.2, 0) is 26.9 Å². The van der Waals surface area contributed by atoms with E-state index >= 15 is 0 Å². The van der Waals surface area contributed by atoms with Crippen molar-refractivity contribution in [2.75, 3.05) is 39.0 Å². The second-order valence-corrected chi connectivity index (χ2v) is 13.0. The molecule has 42 heavy (non-hydrogen) atoms. The maximum Gasteiger partial charge on any atom is 0.262 e. The Balaban J connectivity index is 1.31. The number of para-hydroxylation sites is 1. The van der Waals surface area contributed by atoms with Crippen LogP contribution in [0, 0.1) is 13.8 Å². The fourth-order valence-corrected chi connectivity index (χ4v) is 7.94. The van der Waals surface area contributed by atoms with Crippen molar-refractivity contribution in [2.24, 2.45) is 0 Å². The lowest BCUT2D eigenvalue weighted by Crippen LogP contribution is -2.51. The van der Waals surface area contributed by atoms with Crippen LogP contribution in [0.2, 0.25) is 0 Å². The molecule has 0 aliphatic carbocycles. The van der Waals surface area contributed by atoms with E-state index < -0.39 is 10.0 Å². The van der Waals surface area contributed by atoms with Crippen molar-refractivity contribution in [3.05, 3.63) is 89.6 Å². The summed E-state index contributed by atoms with van der Waals surface area (Å²) < 4.78 is 37.2. The zero-order valence-electron chi connectivity index (χ0n) is 25.1. The molecule has 0 radical (unpaired) electrons. The van der Waals surface area contributed by atoms with Crippen LogP contribution >= 0.6 is 0 Å². The molecule has 8 nitrogen and oxygen atoms in total. The van der Waals surface area contributed by atoms with Crippen LogP contribution in [0.25, 0.3) is 10.9 Å². The van der Waals surface area contributed by atoms with E-state index in [1.165, 1.54) is 5.56 Å². The summed E-state index contributed by atoms with van der Waals surface area (Å²) in [7, 11) is 1.92. The van der Waals surface area contributed by atoms with Gasteiger partial charge in [0.1, 0.15) is 5.75 Å². The van der Waals surface area contributed by atoms with E-state index in [1.807, 2.05) is 39.9 Å². The first-order valence-corrected chi connectivity index (χ1v) is 15.8. The maximum absolute atomic E-state index is 13.6. The second kappa shape index (κ2) is 11.8. The zero-order chi connectivity index (χ0) is 30.1. The number of methoxy groups -OCH3 is 1. The molecule has 0 unspecified atom stereocenters. The summed E-state index contributed by atoms with van der Waals surface area (Å²) in [6, 6.07) is 21.5. The number of benzene rings is 3. The number of sulfonamides is 1. The van der Waals surface area contributed by atoms with Crippen LogP contribution in [0.3, 0.4) is 0 Å². The number of fused-ring (bicyclic) bond motifs is 1. The number of hydrogen-bond donors (Lipinski definition) is 1. The number of amides is 1. The fraction of sp³-hybridized carbons (Fsp3) is 0.364. The van der Waals surface area contributed by atoms with Gasteiger partial charge >= 0.3 is 0 Å². The van der Waals surface area contributed by atoms with Crippen molar-refractivity contribution in [1.82, 2.24) is 14.4 Å². The number of carbonyl (C=O) groups is 1. The third-order valence-electron chi connectivity index (χ3n) is 8.65. The van der Waals surface area contributed by atoms with Gasteiger partial charge in [0, 0.05) is 43.2 Å². The van der Waals surface area contributed by atoms with Gasteiger partial charge in [-0.05, 0) is 81.7 Å². The third kappa shape index (κ3) is 5.63. The topological polar surface area (TPSA) is 83.9 Å². The van der Waals surface area contributed by atoms with Crippen molar-refractivity contribution >= 4 is 32.5 Å². The van der Waals surface area contributed by atoms with Crippen LogP contribution in [0.15, 0.2) is 77.8 Å². The molecule has 2 heterocycles. The number of piperidine rings is 1. The van der Waals surface area contributed by atoms with Gasteiger partial charge in [0.15, 0.2) is 0 Å². The van der Waals surface area contributed by atoms with Gasteiger partial charge in [-0.3, -0.25) is 14.4 Å². The van der Waals surface area contributed by atoms with E-state index in [4.69, 9.17) is 4.74 Å². The molecule has 1 aromatic heterocycles. The molecule has 1 saturated heterocycles. The molecule has 1 fully saturated rings. The molecule has 0 spiro atoms. The van der Waals surface area contributed by atoms with Crippen LogP contribution in [0.5, 0.6) is 5.75 Å². The molecule has 1 amide bonds. The number of carbonyl (C=O) groups excluding carboxylic acids is 1. The molecule has 9 heteroatoms. The molecule has 4 aromatic rings. The smallest absolute Gasteiger partial charge is 0.262 e. The lowest BCUT2D eigenvalue weighted by molar-refractivity contribution is -0.134. The number of hydrogen-bond acceptors (Lipinski definition) is 5. The third-order valence-corrected chi connectivity index (χ3v) is 10.3. The van der Waals surface area contributed by atoms with Gasteiger partial charge in [0.05, 0.1) is 23.2 Å². The first-order chi connectivity index (χ1) is 20.1. The van der Waals surface area contributed by atoms with E-state index in [0.717, 1.165) is 23.7 Å². The number of nitrogens with one attached hydrogen (secondary N) is 1. The summed E-state index contributed by atoms with van der Waals surface area (Å²) in [6.07, 6.45) is 4.00. The monoisotopic (exact) mass is 588 g/mol. The Morgan fingerprint density at radius 1 is 0.976 bits per heavy atom. The minimum absolute atomic E-state index is 0.0820. The highest BCUT2D eigenvalue weighted by molar-refractivity contribution is 7.92. The van der Waals surface area contributed by atoms with E-state index in [9.17, 15) is 13.2 Å². The van der Waals surface area contributed by atoms with E-state index in [1.54, 1.807) is 39.2 Å². The van der Waals surface area contributed by atoms with Gasteiger partial charge in [-0.2, -0.15) is 0 Å². The van der Waals surface area contributed by atoms with E-state index in [2.05, 4.69) is 48.0 Å². The van der Waals surface area contributed by atoms with Crippen molar-refractivity contribution in [1.29, 1.82) is 0 Å². The molecule has 0 atom stereocenters. The number of rotatable bonds is 9. The minimum Gasteiger partial charge on any atom is -0.497 e. The molecule has 5 rings (SSSR count). The van der Waals surface area contributed by atoms with Gasteiger partial charge in [0.25, 0.3) is 10.0 Å². The molecule has 0 bridgehead atoms. The maximum atomic E-state index is 13.6. The Bertz CT molecular complexity index is 1660. The van der Waals surface area contributed by atoms with Crippen molar-refractivity contribution in [3.8, 4) is 5.75 Å². The number of aryl methyl sites for hydroxylation is 3. The zero-order valence-corrected chi connectivity index (χ0v) is 25.9. The Kier molecular flexibility index (Phi) is 8.35. The Labute approximate surface area is 248 Å². The first kappa shape index (κ1) is 29.7. The largest absolute Gasteiger partial charge is 0.497 e. The van der Waals surface area contributed by atoms with Gasteiger partial charge in [-0.25, -0.2) is 8.42 Å². The predicted molar refractivity (Wildman–Crippen MR) is 167 cm³/mol. The first-order valence-electron chi connectivity index (χ1n) is 14.3. The summed E-state index contributed by atoms with van der Waals surface area (Å²) in [6.45, 7) is 5.38. The highest BCUT2D eigenvalue weighted by Gasteiger charge is 2.39. The molecule has 0 saturated carbocycles. The highest BCUT2D eigenvalue weighted by Crippen LogP contribution is 2.37. The summed E-state index contributed by atoms with van der Waals surface area (Å²) >= 11 is 0. The number of nitrogens with zero attached hydrogens (tertiary/aromatic N) is 3. The van der Waals surface area contributed by atoms with Crippen LogP contribution in [0.4, 0.5) is 5.69 Å². The second-order valence-electron chi connectivity index (χ2n) is 11.4. The quantitative estimate of drug-likeness (QED) is 0.278. The molecular formula is C33H40N4O4S. The van der Waals surface area contributed by atoms with Gasteiger partial charge in [-0.15, -0.1) is 0 Å². The fourth-order valence-electron chi connectivity index (χ4n) is 6.42. The molecule has 1 N–H and O–H groups in total. The Hall–Kier alpha value is -3.82. The van der Waals surface area contributed by atoms with E-state index in [0.29, 0.717) is 48.6 Å². The predicted octanol–water partition coefficient (Wildman–Crippen LogP) is 5.54. The normalized spacial score (nSPS) is 15.2. The minimum atomic E-state index is -3.87. The number of ether oxygens (including phenoxy) is 1. The lowest BCUT2D eigenvalue weighted by Gasteiger charge is -2.46. The van der Waals surface area contributed by atoms with Gasteiger partial charge in [-0.1, -0.05) is 42.5 Å². The van der Waals surface area contributed by atoms with Crippen LogP contribution in [0.1, 0.15) is 36.0 Å². The standard InChI is InChI=1S/C33H40N4O4S/c1-24-22-28(41-5)23-25(2)32(24)42(39,40)34-29-13-9-10-26-14-18-37(31(26)29)19-15-30(38)36-20-16-33(17-21-36,35(3)4)27-11-7-6-8-12-27/h6-14,18,22-23,34H,15-17,19-21H2,1-5H3. The van der Waals surface area contributed by atoms with E-state index in [-0.39, 0.29) is 16.3 Å². The molecule has 1 aliphatic rings. The Morgan fingerprint density at radius 2 is 1.64 bits per heavy atom. The molecule has 1 aliphatic heterocycles. The van der Waals surface area contributed by atoms with Crippen molar-refractivity contribution < 1.29 is 17.9 Å². The average molecular weight is 589 g/mol. The summed E-state index contributed by atoms with van der Waals surface area (Å²) in [5, 5.41) is 0.905. The van der Waals surface area contributed by atoms with Crippen molar-refractivity contribution in [3.63, 3.8) is 0 Å². The average Bonchev–Trinajstić information content (AvgIpc) is 3.39. The number of anilines is 1. The van der Waals surface area contributed by atoms with Crippen LogP contribution < -0.4 is 9.46 Å². The number of aromatic nitrogens is 1. The highest BCUT2D eigenvalue weighted by atomic mass is 32.2. The van der Waals surface area contributed by atoms with Gasteiger partial charge < -0.3 is 14.2 Å². The molecule has 3 aromatic carbocycles. The SMILES string of the molecule is COc1cc(C)c(S(=O)(=O)Nc2cccc3ccn(CCC(=O)N4CCC(c5ccccc5)(N(C)C)CC4)c23)c(C)c1. The summed E-state index contributed by atoms with van der Waals surface area (Å²) in [5.74, 6) is 0.727. The lowest BCUT2D eigenvalue weighted by atomic mass is 9.79. The van der Waals surface area contributed by atoms with Crippen molar-refractivity contribution in [2.45, 2.75) is 50.1 Å². The van der Waals surface area contributed by atoms with Crippen LogP contribution in [-0.4, -0.2) is 63.0 Å². The Morgan fingerprint density at radius 3 is 2.26 bits per heavy atom. The molecule has 222 valence electrons. The number of likely N-dealkylation sites (tertiary alicyclic amines) is 1. The van der Waals surface area contributed by atoms with Gasteiger partial charge in [0.2, 0.25) is 5.91 Å². The molecular weight excluding hydrogens is 548 g/mol. The summed E-state index contributed by atoms with van der Waals surface area (Å²) in [5.41, 5.74) is 3.67. The summed E-state index contributed by atoms with van der Waals surface area (Å²) in [4.78, 5) is 17.8.